The average Bonchev–Trinajstić information content (AvgIpc) is 3.31. The molecule has 3 heterocycles. The van der Waals surface area contributed by atoms with Gasteiger partial charge in [0.1, 0.15) is 5.82 Å². The molecule has 5 heteroatoms. The number of pyridine rings is 1. The van der Waals surface area contributed by atoms with E-state index in [0.717, 1.165) is 29.0 Å². The van der Waals surface area contributed by atoms with Gasteiger partial charge in [0.2, 0.25) is 0 Å². The third-order valence-electron chi connectivity index (χ3n) is 5.84. The zero-order valence-electron chi connectivity index (χ0n) is 15.6. The Balaban J connectivity index is 1.52. The first-order valence-electron chi connectivity index (χ1n) is 9.60. The fourth-order valence-electron chi connectivity index (χ4n) is 4.25. The molecule has 4 nitrogen and oxygen atoms in total. The molecule has 27 heavy (non-hydrogen) atoms. The number of aryl methyl sites for hydroxylation is 2. The summed E-state index contributed by atoms with van der Waals surface area (Å²) in [5.74, 6) is 1.72. The predicted octanol–water partition coefficient (Wildman–Crippen LogP) is 4.89. The van der Waals surface area contributed by atoms with Crippen LogP contribution in [0.3, 0.4) is 0 Å². The van der Waals surface area contributed by atoms with E-state index < -0.39 is 0 Å². The maximum Gasteiger partial charge on any atom is 0.163 e. The Hall–Kier alpha value is -2.17. The molecule has 0 N–H and O–H groups in total. The Kier molecular flexibility index (Phi) is 4.06. The molecule has 2 unspecified atom stereocenters. The Bertz CT molecular complexity index is 1020. The summed E-state index contributed by atoms with van der Waals surface area (Å²) in [5.41, 5.74) is 4.72. The number of fused-ring (bicyclic) bond motifs is 1. The van der Waals surface area contributed by atoms with Crippen LogP contribution in [0.4, 0.5) is 0 Å². The van der Waals surface area contributed by atoms with Crippen molar-refractivity contribution < 1.29 is 0 Å². The second-order valence-electron chi connectivity index (χ2n) is 7.85. The molecule has 1 fully saturated rings. The van der Waals surface area contributed by atoms with Crippen molar-refractivity contribution in [3.05, 3.63) is 76.2 Å². The second-order valence-corrected chi connectivity index (χ2v) is 8.29. The van der Waals surface area contributed by atoms with E-state index in [1.807, 2.05) is 19.1 Å². The zero-order valence-corrected chi connectivity index (χ0v) is 16.4. The molecule has 1 saturated carbocycles. The Morgan fingerprint density at radius 3 is 2.59 bits per heavy atom. The summed E-state index contributed by atoms with van der Waals surface area (Å²) in [6, 6.07) is 11.3. The van der Waals surface area contributed by atoms with Crippen LogP contribution in [0.15, 0.2) is 48.7 Å². The standard InChI is InChI=1S/C22H23ClN4/c1-14-11-18(13-26-15(2)24-25-22(14)26)21-10-9-20(17-5-6-17)27(21)12-16-3-7-19(23)8-4-16/h3-4,7-11,13,17,20-21H,5-6,12H2,1-2H3. The van der Waals surface area contributed by atoms with Gasteiger partial charge in [-0.15, -0.1) is 10.2 Å². The van der Waals surface area contributed by atoms with Crippen LogP contribution >= 0.6 is 11.6 Å². The lowest BCUT2D eigenvalue weighted by Crippen LogP contribution is -2.33. The Labute approximate surface area is 164 Å². The highest BCUT2D eigenvalue weighted by atomic mass is 35.5. The molecular weight excluding hydrogens is 356 g/mol. The first kappa shape index (κ1) is 17.0. The normalized spacial score (nSPS) is 22.8. The van der Waals surface area contributed by atoms with E-state index in [4.69, 9.17) is 11.6 Å². The van der Waals surface area contributed by atoms with Crippen LogP contribution in [0.2, 0.25) is 5.02 Å². The van der Waals surface area contributed by atoms with Crippen molar-refractivity contribution in [3.63, 3.8) is 0 Å². The molecule has 1 aliphatic heterocycles. The molecule has 0 bridgehead atoms. The van der Waals surface area contributed by atoms with E-state index >= 15 is 0 Å². The molecule has 5 rings (SSSR count). The number of hydrogen-bond donors (Lipinski definition) is 0. The fourth-order valence-corrected chi connectivity index (χ4v) is 4.38. The first-order chi connectivity index (χ1) is 13.1. The van der Waals surface area contributed by atoms with E-state index in [-0.39, 0.29) is 6.04 Å². The Morgan fingerprint density at radius 2 is 1.85 bits per heavy atom. The van der Waals surface area contributed by atoms with Gasteiger partial charge in [0.15, 0.2) is 5.65 Å². The molecule has 1 aliphatic carbocycles. The lowest BCUT2D eigenvalue weighted by molar-refractivity contribution is 0.184. The van der Waals surface area contributed by atoms with Gasteiger partial charge in [-0.05, 0) is 67.5 Å². The summed E-state index contributed by atoms with van der Waals surface area (Å²) in [6.07, 6.45) is 9.66. The van der Waals surface area contributed by atoms with Crippen molar-refractivity contribution >= 4 is 17.2 Å². The van der Waals surface area contributed by atoms with Crippen molar-refractivity contribution in [2.75, 3.05) is 0 Å². The highest BCUT2D eigenvalue weighted by molar-refractivity contribution is 6.30. The minimum absolute atomic E-state index is 0.274. The summed E-state index contributed by atoms with van der Waals surface area (Å²) >= 11 is 6.08. The van der Waals surface area contributed by atoms with Gasteiger partial charge in [-0.1, -0.05) is 35.9 Å². The number of rotatable bonds is 4. The molecule has 1 aromatic carbocycles. The van der Waals surface area contributed by atoms with E-state index in [1.165, 1.54) is 29.5 Å². The summed E-state index contributed by atoms with van der Waals surface area (Å²) in [7, 11) is 0. The largest absolute Gasteiger partial charge is 0.286 e. The Morgan fingerprint density at radius 1 is 1.07 bits per heavy atom. The predicted molar refractivity (Wildman–Crippen MR) is 108 cm³/mol. The van der Waals surface area contributed by atoms with Crippen LogP contribution in [0.25, 0.3) is 5.65 Å². The lowest BCUT2D eigenvalue weighted by Gasteiger charge is -2.31. The van der Waals surface area contributed by atoms with Gasteiger partial charge in [0.25, 0.3) is 0 Å². The summed E-state index contributed by atoms with van der Waals surface area (Å²) < 4.78 is 2.11. The summed E-state index contributed by atoms with van der Waals surface area (Å²) in [4.78, 5) is 2.63. The molecule has 0 amide bonds. The number of benzene rings is 1. The molecule has 2 aliphatic rings. The van der Waals surface area contributed by atoms with Crippen LogP contribution in [0.1, 0.15) is 41.4 Å². The van der Waals surface area contributed by atoms with Crippen LogP contribution < -0.4 is 0 Å². The smallest absolute Gasteiger partial charge is 0.163 e. The van der Waals surface area contributed by atoms with E-state index in [1.54, 1.807) is 0 Å². The fraction of sp³-hybridized carbons (Fsp3) is 0.364. The van der Waals surface area contributed by atoms with Crippen molar-refractivity contribution in [1.29, 1.82) is 0 Å². The molecule has 3 aromatic rings. The summed E-state index contributed by atoms with van der Waals surface area (Å²) in [5, 5.41) is 9.33. The number of aromatic nitrogens is 3. The molecule has 0 saturated heterocycles. The van der Waals surface area contributed by atoms with E-state index in [9.17, 15) is 0 Å². The molecular formula is C22H23ClN4. The van der Waals surface area contributed by atoms with Crippen molar-refractivity contribution in [3.8, 4) is 0 Å². The van der Waals surface area contributed by atoms with Crippen LogP contribution in [-0.4, -0.2) is 25.5 Å². The molecule has 138 valence electrons. The van der Waals surface area contributed by atoms with Crippen molar-refractivity contribution in [1.82, 2.24) is 19.5 Å². The molecule has 2 atom stereocenters. The average molecular weight is 379 g/mol. The van der Waals surface area contributed by atoms with Gasteiger partial charge >= 0.3 is 0 Å². The van der Waals surface area contributed by atoms with Crippen molar-refractivity contribution in [2.24, 2.45) is 5.92 Å². The van der Waals surface area contributed by atoms with Gasteiger partial charge in [0.05, 0.1) is 6.04 Å². The van der Waals surface area contributed by atoms with Gasteiger partial charge in [-0.25, -0.2) is 0 Å². The van der Waals surface area contributed by atoms with Crippen LogP contribution in [0.5, 0.6) is 0 Å². The highest BCUT2D eigenvalue weighted by Gasteiger charge is 2.39. The maximum atomic E-state index is 6.08. The lowest BCUT2D eigenvalue weighted by atomic mass is 10.1. The first-order valence-corrected chi connectivity index (χ1v) is 9.98. The second kappa shape index (κ2) is 6.47. The monoisotopic (exact) mass is 378 g/mol. The van der Waals surface area contributed by atoms with Gasteiger partial charge < -0.3 is 0 Å². The third-order valence-corrected chi connectivity index (χ3v) is 6.09. The maximum absolute atomic E-state index is 6.08. The molecule has 2 aromatic heterocycles. The minimum atomic E-state index is 0.274. The molecule has 0 radical (unpaired) electrons. The van der Waals surface area contributed by atoms with Crippen LogP contribution in [0, 0.1) is 19.8 Å². The van der Waals surface area contributed by atoms with E-state index in [0.29, 0.717) is 6.04 Å². The SMILES string of the molecule is Cc1cc(C2C=CC(C3CC3)N2Cc2ccc(Cl)cc2)cn2c(C)nnc12. The van der Waals surface area contributed by atoms with Gasteiger partial charge in [-0.3, -0.25) is 9.30 Å². The minimum Gasteiger partial charge on any atom is -0.286 e. The van der Waals surface area contributed by atoms with Gasteiger partial charge in [0, 0.05) is 23.8 Å². The van der Waals surface area contributed by atoms with Crippen molar-refractivity contribution in [2.45, 2.75) is 45.3 Å². The van der Waals surface area contributed by atoms with E-state index in [2.05, 4.69) is 63.0 Å². The zero-order chi connectivity index (χ0) is 18.5. The quantitative estimate of drug-likeness (QED) is 0.606. The molecule has 0 spiro atoms. The number of hydrogen-bond acceptors (Lipinski definition) is 3. The summed E-state index contributed by atoms with van der Waals surface area (Å²) in [6.45, 7) is 5.05. The number of halogens is 1. The third kappa shape index (κ3) is 3.07. The van der Waals surface area contributed by atoms with Gasteiger partial charge in [-0.2, -0.15) is 0 Å². The topological polar surface area (TPSA) is 33.4 Å². The number of nitrogens with zero attached hydrogens (tertiary/aromatic N) is 4. The van der Waals surface area contributed by atoms with Crippen LogP contribution in [-0.2, 0) is 6.54 Å². The highest BCUT2D eigenvalue weighted by Crippen LogP contribution is 2.43.